The number of ether oxygens (including phenoxy) is 2. The van der Waals surface area contributed by atoms with E-state index in [-0.39, 0.29) is 11.0 Å². The topological polar surface area (TPSA) is 90.3 Å². The number of nitrogens with zero attached hydrogens (tertiary/aromatic N) is 3. The number of anilines is 1. The highest BCUT2D eigenvalue weighted by Crippen LogP contribution is 2.23. The Morgan fingerprint density at radius 2 is 1.66 bits per heavy atom. The summed E-state index contributed by atoms with van der Waals surface area (Å²) in [4.78, 5) is 14.1. The van der Waals surface area contributed by atoms with E-state index in [9.17, 15) is 4.79 Å². The number of carbonyl (C=O) groups excluding carboxylic acids is 1. The first-order valence-electron chi connectivity index (χ1n) is 9.76. The minimum absolute atomic E-state index is 0.172. The molecule has 0 saturated heterocycles. The summed E-state index contributed by atoms with van der Waals surface area (Å²) >= 11 is 5.34. The Morgan fingerprint density at radius 1 is 0.969 bits per heavy atom. The van der Waals surface area contributed by atoms with Crippen molar-refractivity contribution < 1.29 is 14.3 Å². The molecule has 0 aliphatic heterocycles. The number of hydrogen-bond donors (Lipinski definition) is 2. The molecule has 8 nitrogen and oxygen atoms in total. The van der Waals surface area contributed by atoms with Crippen LogP contribution in [0.2, 0.25) is 0 Å². The lowest BCUT2D eigenvalue weighted by molar-refractivity contribution is 0.0975. The molecule has 1 amide bonds. The van der Waals surface area contributed by atoms with Crippen molar-refractivity contribution in [3.63, 3.8) is 0 Å². The molecule has 2 N–H and O–H groups in total. The fourth-order valence-corrected chi connectivity index (χ4v) is 3.39. The highest BCUT2D eigenvalue weighted by molar-refractivity contribution is 7.80. The van der Waals surface area contributed by atoms with Gasteiger partial charge in [-0.25, -0.2) is 0 Å². The van der Waals surface area contributed by atoms with Gasteiger partial charge in [0.2, 0.25) is 0 Å². The second kappa shape index (κ2) is 9.03. The molecule has 0 aliphatic rings. The van der Waals surface area contributed by atoms with Crippen molar-refractivity contribution in [1.29, 1.82) is 0 Å². The molecule has 3 aromatic carbocycles. The highest BCUT2D eigenvalue weighted by atomic mass is 32.1. The van der Waals surface area contributed by atoms with E-state index >= 15 is 0 Å². The lowest BCUT2D eigenvalue weighted by Gasteiger charge is -2.13. The maximum absolute atomic E-state index is 12.6. The van der Waals surface area contributed by atoms with Crippen LogP contribution in [0.5, 0.6) is 11.5 Å². The third-order valence-electron chi connectivity index (χ3n) is 4.86. The zero-order valence-electron chi connectivity index (χ0n) is 17.7. The number of methoxy groups -OCH3 is 2. The number of nitrogens with one attached hydrogen (secondary N) is 2. The van der Waals surface area contributed by atoms with Crippen molar-refractivity contribution in [2.24, 2.45) is 0 Å². The maximum Gasteiger partial charge on any atom is 0.261 e. The summed E-state index contributed by atoms with van der Waals surface area (Å²) in [6.07, 6.45) is 0. The van der Waals surface area contributed by atoms with Crippen LogP contribution >= 0.6 is 12.2 Å². The number of aromatic nitrogens is 3. The molecule has 1 heterocycles. The summed E-state index contributed by atoms with van der Waals surface area (Å²) in [6, 6.07) is 18.2. The van der Waals surface area contributed by atoms with Crippen LogP contribution in [0.3, 0.4) is 0 Å². The quantitative estimate of drug-likeness (QED) is 0.449. The van der Waals surface area contributed by atoms with Gasteiger partial charge in [0.25, 0.3) is 5.91 Å². The summed E-state index contributed by atoms with van der Waals surface area (Å²) in [5.41, 5.74) is 4.28. The van der Waals surface area contributed by atoms with Crippen molar-refractivity contribution in [3.05, 3.63) is 71.8 Å². The predicted octanol–water partition coefficient (Wildman–Crippen LogP) is 3.87. The first-order valence-corrected chi connectivity index (χ1v) is 10.2. The second-order valence-electron chi connectivity index (χ2n) is 6.95. The van der Waals surface area contributed by atoms with Gasteiger partial charge in [-0.05, 0) is 73.2 Å². The number of hydrogen-bond acceptors (Lipinski definition) is 6. The average Bonchev–Trinajstić information content (AvgIpc) is 3.21. The number of carbonyl (C=O) groups is 1. The van der Waals surface area contributed by atoms with Gasteiger partial charge in [-0.2, -0.15) is 4.80 Å². The van der Waals surface area contributed by atoms with Crippen LogP contribution < -0.4 is 20.1 Å². The van der Waals surface area contributed by atoms with Crippen LogP contribution in [0.4, 0.5) is 5.69 Å². The zero-order valence-corrected chi connectivity index (χ0v) is 18.6. The number of fused-ring (bicyclic) bond motifs is 1. The molecular weight excluding hydrogens is 426 g/mol. The molecule has 0 fully saturated rings. The molecule has 0 bridgehead atoms. The van der Waals surface area contributed by atoms with Gasteiger partial charge in [-0.15, -0.1) is 10.2 Å². The van der Waals surface area contributed by atoms with Crippen molar-refractivity contribution in [1.82, 2.24) is 20.3 Å². The minimum atomic E-state index is -0.357. The summed E-state index contributed by atoms with van der Waals surface area (Å²) in [7, 11) is 3.14. The third-order valence-corrected chi connectivity index (χ3v) is 5.06. The van der Waals surface area contributed by atoms with Crippen molar-refractivity contribution in [3.8, 4) is 17.2 Å². The number of benzene rings is 3. The molecule has 0 radical (unpaired) electrons. The Balaban J connectivity index is 1.53. The first kappa shape index (κ1) is 21.3. The predicted molar refractivity (Wildman–Crippen MR) is 127 cm³/mol. The second-order valence-corrected chi connectivity index (χ2v) is 7.36. The van der Waals surface area contributed by atoms with E-state index in [0.717, 1.165) is 28.2 Å². The normalized spacial score (nSPS) is 10.6. The molecule has 0 spiro atoms. The van der Waals surface area contributed by atoms with Crippen molar-refractivity contribution >= 4 is 40.0 Å². The van der Waals surface area contributed by atoms with Gasteiger partial charge in [0.1, 0.15) is 22.5 Å². The maximum atomic E-state index is 12.6. The Kier molecular flexibility index (Phi) is 6.00. The van der Waals surface area contributed by atoms with E-state index in [1.54, 1.807) is 36.2 Å². The van der Waals surface area contributed by atoms with Gasteiger partial charge >= 0.3 is 0 Å². The summed E-state index contributed by atoms with van der Waals surface area (Å²) in [5.74, 6) is 0.876. The van der Waals surface area contributed by atoms with Crippen LogP contribution in [0.15, 0.2) is 60.7 Å². The molecule has 32 heavy (non-hydrogen) atoms. The van der Waals surface area contributed by atoms with Gasteiger partial charge in [-0.1, -0.05) is 12.1 Å². The third kappa shape index (κ3) is 4.37. The number of thiocarbonyl (C=S) groups is 1. The molecule has 4 rings (SSSR count). The molecule has 0 aliphatic carbocycles. The van der Waals surface area contributed by atoms with Crippen molar-refractivity contribution in [2.45, 2.75) is 6.92 Å². The molecular formula is C23H21N5O3S. The average molecular weight is 448 g/mol. The SMILES string of the molecule is COc1ccc(-n2nc3cc(C)c(NC(=S)NC(=O)c4ccccc4OC)cc3n2)cc1. The zero-order chi connectivity index (χ0) is 22.7. The Hall–Kier alpha value is -3.98. The van der Waals surface area contributed by atoms with E-state index in [2.05, 4.69) is 20.8 Å². The van der Waals surface area contributed by atoms with E-state index in [1.165, 1.54) is 7.11 Å². The first-order chi connectivity index (χ1) is 15.5. The van der Waals surface area contributed by atoms with E-state index in [1.807, 2.05) is 43.3 Å². The molecule has 4 aromatic rings. The molecule has 0 atom stereocenters. The number of aryl methyl sites for hydroxylation is 1. The van der Waals surface area contributed by atoms with Gasteiger partial charge in [0, 0.05) is 5.69 Å². The van der Waals surface area contributed by atoms with Crippen LogP contribution in [0.25, 0.3) is 16.7 Å². The lowest BCUT2D eigenvalue weighted by Crippen LogP contribution is -2.34. The van der Waals surface area contributed by atoms with Gasteiger partial charge in [-0.3, -0.25) is 10.1 Å². The Bertz CT molecular complexity index is 1300. The number of amides is 1. The molecule has 162 valence electrons. The van der Waals surface area contributed by atoms with E-state index in [4.69, 9.17) is 21.7 Å². The van der Waals surface area contributed by atoms with Gasteiger partial charge in [0.15, 0.2) is 5.11 Å². The van der Waals surface area contributed by atoms with Crippen LogP contribution in [0, 0.1) is 6.92 Å². The fourth-order valence-electron chi connectivity index (χ4n) is 3.19. The van der Waals surface area contributed by atoms with E-state index in [0.29, 0.717) is 16.8 Å². The van der Waals surface area contributed by atoms with E-state index < -0.39 is 0 Å². The smallest absolute Gasteiger partial charge is 0.261 e. The molecule has 9 heteroatoms. The highest BCUT2D eigenvalue weighted by Gasteiger charge is 2.14. The Morgan fingerprint density at radius 3 is 2.34 bits per heavy atom. The van der Waals surface area contributed by atoms with Crippen LogP contribution in [-0.2, 0) is 0 Å². The van der Waals surface area contributed by atoms with Crippen molar-refractivity contribution in [2.75, 3.05) is 19.5 Å². The lowest BCUT2D eigenvalue weighted by atomic mass is 10.1. The molecule has 1 aromatic heterocycles. The molecule has 0 saturated carbocycles. The van der Waals surface area contributed by atoms with Gasteiger partial charge < -0.3 is 14.8 Å². The largest absolute Gasteiger partial charge is 0.497 e. The minimum Gasteiger partial charge on any atom is -0.497 e. The fraction of sp³-hybridized carbons (Fsp3) is 0.130. The summed E-state index contributed by atoms with van der Waals surface area (Å²) < 4.78 is 10.4. The van der Waals surface area contributed by atoms with Crippen LogP contribution in [0.1, 0.15) is 15.9 Å². The summed E-state index contributed by atoms with van der Waals surface area (Å²) in [5, 5.41) is 15.0. The standard InChI is InChI=1S/C23H21N5O3S/c1-14-12-19-20(27-28(26-19)15-8-10-16(30-2)11-9-15)13-18(14)24-23(32)25-22(29)17-6-4-5-7-21(17)31-3/h4-13H,1-3H3,(H2,24,25,29,32). The monoisotopic (exact) mass is 447 g/mol. The van der Waals surface area contributed by atoms with Crippen LogP contribution in [-0.4, -0.2) is 40.2 Å². The number of para-hydroxylation sites is 1. The van der Waals surface area contributed by atoms with Gasteiger partial charge in [0.05, 0.1) is 25.5 Å². The Labute approximate surface area is 190 Å². The molecule has 0 unspecified atom stereocenters. The summed E-state index contributed by atoms with van der Waals surface area (Å²) in [6.45, 7) is 1.93. The number of rotatable bonds is 5.